The van der Waals surface area contributed by atoms with E-state index in [2.05, 4.69) is 40.2 Å². The lowest BCUT2D eigenvalue weighted by Crippen LogP contribution is -2.50. The van der Waals surface area contributed by atoms with E-state index in [1.54, 1.807) is 0 Å². The first-order chi connectivity index (χ1) is 16.8. The number of hydrogen-bond acceptors (Lipinski definition) is 5. The van der Waals surface area contributed by atoms with Gasteiger partial charge in [-0.15, -0.1) is 0 Å². The van der Waals surface area contributed by atoms with Gasteiger partial charge in [0, 0.05) is 37.5 Å². The van der Waals surface area contributed by atoms with Gasteiger partial charge in [-0.3, -0.25) is 4.79 Å². The summed E-state index contributed by atoms with van der Waals surface area (Å²) in [6, 6.07) is 15.3. The zero-order valence-corrected chi connectivity index (χ0v) is 20.3. The minimum atomic E-state index is -0.645. The minimum Gasteiger partial charge on any atom is -0.449 e. The molecule has 0 radical (unpaired) electrons. The van der Waals surface area contributed by atoms with E-state index in [1.807, 2.05) is 38.1 Å². The molecule has 2 atom stereocenters. The van der Waals surface area contributed by atoms with Crippen LogP contribution in [0.15, 0.2) is 48.5 Å². The van der Waals surface area contributed by atoms with Crippen molar-refractivity contribution in [3.63, 3.8) is 0 Å². The Labute approximate surface area is 206 Å². The predicted octanol–water partition coefficient (Wildman–Crippen LogP) is 2.44. The molecule has 0 fully saturated rings. The number of hydrogen-bond donors (Lipinski definition) is 5. The number of urea groups is 1. The number of primary amides is 2. The maximum Gasteiger partial charge on any atom is 0.407 e. The molecule has 2 aromatic carbocycles. The molecule has 0 heterocycles. The van der Waals surface area contributed by atoms with Crippen molar-refractivity contribution in [1.29, 1.82) is 0 Å². The van der Waals surface area contributed by atoms with Gasteiger partial charge in [-0.25, -0.2) is 9.59 Å². The van der Waals surface area contributed by atoms with E-state index in [0.717, 1.165) is 11.1 Å². The molecule has 1 aliphatic rings. The van der Waals surface area contributed by atoms with Crippen LogP contribution in [0.3, 0.4) is 0 Å². The van der Waals surface area contributed by atoms with Crippen molar-refractivity contribution >= 4 is 18.0 Å². The summed E-state index contributed by atoms with van der Waals surface area (Å²) >= 11 is 0. The Bertz CT molecular complexity index is 978. The van der Waals surface area contributed by atoms with Crippen LogP contribution in [0.25, 0.3) is 11.1 Å². The molecular weight excluding hydrogens is 446 g/mol. The predicted molar refractivity (Wildman–Crippen MR) is 135 cm³/mol. The largest absolute Gasteiger partial charge is 0.449 e. The Hall–Kier alpha value is -3.59. The van der Waals surface area contributed by atoms with Crippen LogP contribution in [0.5, 0.6) is 0 Å². The lowest BCUT2D eigenvalue weighted by atomic mass is 9.98. The molecule has 35 heavy (non-hydrogen) atoms. The first kappa shape index (κ1) is 26.0. The fourth-order valence-corrected chi connectivity index (χ4v) is 4.36. The molecule has 0 spiro atoms. The van der Waals surface area contributed by atoms with Crippen molar-refractivity contribution in [2.24, 2.45) is 17.4 Å². The molecule has 0 aromatic heterocycles. The van der Waals surface area contributed by atoms with Crippen LogP contribution in [0.4, 0.5) is 9.59 Å². The number of rotatable bonds is 12. The maximum absolute atomic E-state index is 12.7. The molecule has 1 aliphatic carbocycles. The molecule has 0 aliphatic heterocycles. The van der Waals surface area contributed by atoms with Gasteiger partial charge in [0.2, 0.25) is 5.91 Å². The first-order valence-electron chi connectivity index (χ1n) is 11.9. The Morgan fingerprint density at radius 2 is 1.54 bits per heavy atom. The first-order valence-corrected chi connectivity index (χ1v) is 11.9. The highest BCUT2D eigenvalue weighted by atomic mass is 16.5. The minimum absolute atomic E-state index is 0.0122. The van der Waals surface area contributed by atoms with Crippen molar-refractivity contribution in [3.05, 3.63) is 59.7 Å². The van der Waals surface area contributed by atoms with E-state index in [-0.39, 0.29) is 43.5 Å². The van der Waals surface area contributed by atoms with Gasteiger partial charge < -0.3 is 32.2 Å². The number of amides is 4. The molecule has 3 rings (SSSR count). The topological polar surface area (TPSA) is 149 Å². The second-order valence-corrected chi connectivity index (χ2v) is 9.18. The summed E-state index contributed by atoms with van der Waals surface area (Å²) < 4.78 is 5.67. The van der Waals surface area contributed by atoms with Crippen molar-refractivity contribution in [3.8, 4) is 11.1 Å². The fourth-order valence-electron chi connectivity index (χ4n) is 4.36. The van der Waals surface area contributed by atoms with Crippen molar-refractivity contribution in [1.82, 2.24) is 16.0 Å². The number of fused-ring (bicyclic) bond motifs is 3. The summed E-state index contributed by atoms with van der Waals surface area (Å²) in [6.45, 7) is 4.90. The number of benzene rings is 2. The van der Waals surface area contributed by atoms with Crippen molar-refractivity contribution in [2.75, 3.05) is 19.7 Å². The van der Waals surface area contributed by atoms with E-state index in [0.29, 0.717) is 13.0 Å². The molecule has 188 valence electrons. The number of ether oxygens (including phenoxy) is 1. The molecule has 7 N–H and O–H groups in total. The van der Waals surface area contributed by atoms with Gasteiger partial charge in [-0.1, -0.05) is 62.4 Å². The smallest absolute Gasteiger partial charge is 0.407 e. The van der Waals surface area contributed by atoms with E-state index < -0.39 is 18.0 Å². The number of carbonyl (C=O) groups excluding carboxylic acids is 3. The zero-order valence-electron chi connectivity index (χ0n) is 20.3. The average Bonchev–Trinajstić information content (AvgIpc) is 3.14. The fraction of sp³-hybridized carbons (Fsp3) is 0.423. The molecule has 0 saturated carbocycles. The molecule has 9 nitrogen and oxygen atoms in total. The number of carbonyl (C=O) groups is 3. The second kappa shape index (κ2) is 12.2. The van der Waals surface area contributed by atoms with E-state index >= 15 is 0 Å². The number of nitrogens with one attached hydrogen (secondary N) is 3. The summed E-state index contributed by atoms with van der Waals surface area (Å²) in [7, 11) is 0. The van der Waals surface area contributed by atoms with Gasteiger partial charge in [0.05, 0.1) is 0 Å². The summed E-state index contributed by atoms with van der Waals surface area (Å²) in [5, 5.41) is 8.78. The Morgan fingerprint density at radius 1 is 0.943 bits per heavy atom. The third-order valence-corrected chi connectivity index (χ3v) is 6.34. The molecule has 1 unspecified atom stereocenters. The van der Waals surface area contributed by atoms with Crippen LogP contribution >= 0.6 is 0 Å². The van der Waals surface area contributed by atoms with E-state index in [1.165, 1.54) is 11.1 Å². The normalized spacial score (nSPS) is 14.0. The third kappa shape index (κ3) is 7.19. The van der Waals surface area contributed by atoms with Crippen LogP contribution < -0.4 is 27.4 Å². The van der Waals surface area contributed by atoms with Crippen molar-refractivity contribution in [2.45, 2.75) is 44.7 Å². The Kier molecular flexibility index (Phi) is 9.08. The standard InChI is InChI=1S/C26H35N5O4/c1-16(2)23(14-29-17(11-12-24(27)32)13-30-25(28)33)31-26(34)35-15-22-20-9-5-3-7-18(20)19-8-4-6-10-21(19)22/h3-10,16-17,22-23,29H,11-15H2,1-2H3,(H2,27,32)(H,31,34)(H3,28,30,33)/t17?,23-/m1/s1. The van der Waals surface area contributed by atoms with Gasteiger partial charge in [0.25, 0.3) is 0 Å². The van der Waals surface area contributed by atoms with Crippen LogP contribution in [0, 0.1) is 5.92 Å². The second-order valence-electron chi connectivity index (χ2n) is 9.18. The summed E-state index contributed by atoms with van der Waals surface area (Å²) in [6.07, 6.45) is 0.117. The van der Waals surface area contributed by atoms with Gasteiger partial charge in [-0.2, -0.15) is 0 Å². The molecule has 9 heteroatoms. The van der Waals surface area contributed by atoms with Crippen LogP contribution in [-0.4, -0.2) is 49.8 Å². The highest BCUT2D eigenvalue weighted by Crippen LogP contribution is 2.44. The Morgan fingerprint density at radius 3 is 2.09 bits per heavy atom. The van der Waals surface area contributed by atoms with Gasteiger partial charge >= 0.3 is 12.1 Å². The lowest BCUT2D eigenvalue weighted by molar-refractivity contribution is -0.118. The highest BCUT2D eigenvalue weighted by molar-refractivity contribution is 5.79. The zero-order chi connectivity index (χ0) is 25.4. The molecule has 4 amide bonds. The van der Waals surface area contributed by atoms with Crippen LogP contribution in [0.1, 0.15) is 43.7 Å². The molecular formula is C26H35N5O4. The maximum atomic E-state index is 12.7. The van der Waals surface area contributed by atoms with Crippen LogP contribution in [0.2, 0.25) is 0 Å². The highest BCUT2D eigenvalue weighted by Gasteiger charge is 2.29. The number of nitrogens with two attached hydrogens (primary N) is 2. The average molecular weight is 482 g/mol. The van der Waals surface area contributed by atoms with Gasteiger partial charge in [0.1, 0.15) is 6.61 Å². The van der Waals surface area contributed by atoms with E-state index in [9.17, 15) is 14.4 Å². The SMILES string of the molecule is CC(C)[C@@H](CNC(CCC(N)=O)CNC(N)=O)NC(=O)OCC1c2ccccc2-c2ccccc21. The monoisotopic (exact) mass is 481 g/mol. The summed E-state index contributed by atoms with van der Waals surface area (Å²) in [5.74, 6) is -0.321. The van der Waals surface area contributed by atoms with E-state index in [4.69, 9.17) is 16.2 Å². The lowest BCUT2D eigenvalue weighted by Gasteiger charge is -2.26. The number of alkyl carbamates (subject to hydrolysis) is 1. The molecule has 0 bridgehead atoms. The summed E-state index contributed by atoms with van der Waals surface area (Å²) in [4.78, 5) is 35.0. The van der Waals surface area contributed by atoms with Gasteiger partial charge in [0.15, 0.2) is 0 Å². The molecule has 2 aromatic rings. The van der Waals surface area contributed by atoms with Gasteiger partial charge in [-0.05, 0) is 34.6 Å². The summed E-state index contributed by atoms with van der Waals surface area (Å²) in [5.41, 5.74) is 15.1. The Balaban J connectivity index is 1.57. The van der Waals surface area contributed by atoms with Crippen LogP contribution in [-0.2, 0) is 9.53 Å². The van der Waals surface area contributed by atoms with Crippen molar-refractivity contribution < 1.29 is 19.1 Å². The third-order valence-electron chi connectivity index (χ3n) is 6.34. The molecule has 0 saturated heterocycles. The quantitative estimate of drug-likeness (QED) is 0.316.